The number of methoxy groups -OCH3 is 1. The Labute approximate surface area is 275 Å². The van der Waals surface area contributed by atoms with Crippen LogP contribution >= 0.6 is 0 Å². The third-order valence-corrected chi connectivity index (χ3v) is 4.62. The summed E-state index contributed by atoms with van der Waals surface area (Å²) in [6.45, 7) is 4.56. The lowest BCUT2D eigenvalue weighted by Gasteiger charge is -2.40. The summed E-state index contributed by atoms with van der Waals surface area (Å²) in [6, 6.07) is 0. The summed E-state index contributed by atoms with van der Waals surface area (Å²) < 4.78 is 14.7. The average molecular weight is 637 g/mol. The molecule has 0 radical (unpaired) electrons. The van der Waals surface area contributed by atoms with Gasteiger partial charge in [0.05, 0.1) is 37.6 Å². The Hall–Kier alpha value is -4.80. The Morgan fingerprint density at radius 1 is 0.652 bits per heavy atom. The summed E-state index contributed by atoms with van der Waals surface area (Å²) in [6.07, 6.45) is 36.6. The zero-order valence-corrected chi connectivity index (χ0v) is 26.4. The van der Waals surface area contributed by atoms with Gasteiger partial charge >= 0.3 is 0 Å². The van der Waals surface area contributed by atoms with Crippen molar-refractivity contribution in [3.8, 4) is 123 Å². The maximum Gasteiger partial charge on any atom is 0.186 e. The standard InChI is InChI=1S/C8H16O5.C6H12O5.2C6H2.2C3H4.2C2H2/c1-4-5(3-9)13-8(12-2)7(11)6(4)10;7-2-3-1-4(8)5(9)6(10)11-3;2*1-3-5-6-4-2;2*1-3-2;2*1-2/h4-11H,3H2,1-2H3;3-10H,1-2H2;2*1-2H;2*1H,2H3;2*1-2H/t4-,5?,6+,7-,8?;3?,4-,5+,6?;;;;;;/m01....../s1. The van der Waals surface area contributed by atoms with Crippen molar-refractivity contribution in [1.82, 2.24) is 0 Å². The molecule has 0 spiro atoms. The van der Waals surface area contributed by atoms with Crippen molar-refractivity contribution < 1.29 is 50.0 Å². The first-order valence-corrected chi connectivity index (χ1v) is 12.6. The number of hydrogen-bond donors (Lipinski definition) is 7. The fourth-order valence-corrected chi connectivity index (χ4v) is 2.67. The highest BCUT2D eigenvalue weighted by atomic mass is 16.7. The highest BCUT2D eigenvalue weighted by Gasteiger charge is 2.41. The van der Waals surface area contributed by atoms with Crippen LogP contribution in [0.1, 0.15) is 27.2 Å². The third kappa shape index (κ3) is 30.7. The lowest BCUT2D eigenvalue weighted by molar-refractivity contribution is -0.280. The molecule has 2 heterocycles. The summed E-state index contributed by atoms with van der Waals surface area (Å²) in [5.74, 6) is 21.4. The summed E-state index contributed by atoms with van der Waals surface area (Å²) in [7, 11) is 1.38. The Morgan fingerprint density at radius 3 is 1.28 bits per heavy atom. The first-order chi connectivity index (χ1) is 21.9. The molecular formula is C36H44O10. The minimum Gasteiger partial charge on any atom is -0.394 e. The average Bonchev–Trinajstić information content (AvgIpc) is 3.07. The third-order valence-electron chi connectivity index (χ3n) is 4.62. The molecule has 10 nitrogen and oxygen atoms in total. The summed E-state index contributed by atoms with van der Waals surface area (Å²) >= 11 is 0. The number of rotatable bonds is 3. The summed E-state index contributed by atoms with van der Waals surface area (Å²) in [5.41, 5.74) is 0. The van der Waals surface area contributed by atoms with E-state index in [-0.39, 0.29) is 25.6 Å². The molecule has 9 atom stereocenters. The highest BCUT2D eigenvalue weighted by Crippen LogP contribution is 2.25. The second-order valence-corrected chi connectivity index (χ2v) is 7.58. The van der Waals surface area contributed by atoms with Crippen LogP contribution in [0.25, 0.3) is 0 Å². The van der Waals surface area contributed by atoms with E-state index in [1.807, 2.05) is 0 Å². The van der Waals surface area contributed by atoms with Crippen LogP contribution in [-0.2, 0) is 14.2 Å². The molecule has 0 aromatic rings. The molecule has 7 N–H and O–H groups in total. The van der Waals surface area contributed by atoms with Crippen molar-refractivity contribution in [1.29, 1.82) is 0 Å². The minimum atomic E-state index is -1.39. The van der Waals surface area contributed by atoms with E-state index >= 15 is 0 Å². The van der Waals surface area contributed by atoms with E-state index in [2.05, 4.69) is 97.7 Å². The Balaban J connectivity index is -0.000000110. The molecule has 0 saturated carbocycles. The van der Waals surface area contributed by atoms with Crippen LogP contribution in [0.15, 0.2) is 0 Å². The Bertz CT molecular complexity index is 1030. The topological polar surface area (TPSA) is 169 Å². The number of ether oxygens (including phenoxy) is 3. The molecule has 0 amide bonds. The Kier molecular flexibility index (Phi) is 49.5. The fourth-order valence-electron chi connectivity index (χ4n) is 2.67. The molecule has 2 saturated heterocycles. The molecule has 10 heteroatoms. The largest absolute Gasteiger partial charge is 0.394 e. The van der Waals surface area contributed by atoms with Gasteiger partial charge in [0.25, 0.3) is 0 Å². The smallest absolute Gasteiger partial charge is 0.186 e. The maximum atomic E-state index is 9.53. The predicted octanol–water partition coefficient (Wildman–Crippen LogP) is -1.19. The lowest BCUT2D eigenvalue weighted by atomic mass is 9.91. The van der Waals surface area contributed by atoms with Crippen LogP contribution in [0.5, 0.6) is 0 Å². The fraction of sp³-hybridized carbons (Fsp3) is 0.444. The van der Waals surface area contributed by atoms with Gasteiger partial charge in [0, 0.05) is 19.4 Å². The SMILES string of the molecule is C#C.C#C.C#CC.C#CC.C#CC#CC#C.C#CC#CC#C.COC1OC(CO)[C@H](C)[C@@H](O)[C@@H]1O.OCC1C[C@@H](O)[C@H](O)C(O)O1. The van der Waals surface area contributed by atoms with Gasteiger partial charge in [-0.1, -0.05) is 6.92 Å². The van der Waals surface area contributed by atoms with Crippen molar-refractivity contribution in [2.75, 3.05) is 20.3 Å². The van der Waals surface area contributed by atoms with E-state index < -0.39 is 49.2 Å². The van der Waals surface area contributed by atoms with Crippen LogP contribution in [0, 0.1) is 129 Å². The molecule has 46 heavy (non-hydrogen) atoms. The number of aliphatic hydroxyl groups excluding tert-OH is 7. The summed E-state index contributed by atoms with van der Waals surface area (Å²) in [4.78, 5) is 0. The minimum absolute atomic E-state index is 0.148. The molecule has 0 aromatic heterocycles. The Morgan fingerprint density at radius 2 is 1.02 bits per heavy atom. The molecule has 4 unspecified atom stereocenters. The van der Waals surface area contributed by atoms with Gasteiger partial charge in [-0.15, -0.1) is 76.1 Å². The van der Waals surface area contributed by atoms with Gasteiger partial charge in [0.15, 0.2) is 12.6 Å². The first kappa shape index (κ1) is 53.7. The second kappa shape index (κ2) is 42.3. The number of hydrogen-bond acceptors (Lipinski definition) is 10. The van der Waals surface area contributed by atoms with Crippen LogP contribution in [-0.4, -0.2) is 105 Å². The molecule has 2 aliphatic heterocycles. The number of aliphatic hydroxyl groups is 7. The van der Waals surface area contributed by atoms with Crippen LogP contribution in [0.2, 0.25) is 0 Å². The lowest BCUT2D eigenvalue weighted by Crippen LogP contribution is -2.55. The summed E-state index contributed by atoms with van der Waals surface area (Å²) in [5, 5.41) is 63.4. The van der Waals surface area contributed by atoms with Gasteiger partial charge in [-0.3, -0.25) is 0 Å². The quantitative estimate of drug-likeness (QED) is 0.187. The van der Waals surface area contributed by atoms with Gasteiger partial charge in [0.2, 0.25) is 0 Å². The maximum absolute atomic E-state index is 9.53. The van der Waals surface area contributed by atoms with E-state index in [9.17, 15) is 10.2 Å². The molecule has 2 rings (SSSR count). The first-order valence-electron chi connectivity index (χ1n) is 12.6. The van der Waals surface area contributed by atoms with E-state index in [1.54, 1.807) is 20.8 Å². The van der Waals surface area contributed by atoms with Gasteiger partial charge in [-0.2, -0.15) is 0 Å². The zero-order chi connectivity index (χ0) is 37.5. The van der Waals surface area contributed by atoms with Crippen molar-refractivity contribution in [3.63, 3.8) is 0 Å². The van der Waals surface area contributed by atoms with Crippen molar-refractivity contribution >= 4 is 0 Å². The molecule has 0 aliphatic carbocycles. The van der Waals surface area contributed by atoms with Crippen LogP contribution in [0.4, 0.5) is 0 Å². The molecule has 248 valence electrons. The van der Waals surface area contributed by atoms with E-state index in [4.69, 9.17) is 65.4 Å². The molecule has 0 bridgehead atoms. The van der Waals surface area contributed by atoms with Gasteiger partial charge in [-0.05, 0) is 61.2 Å². The zero-order valence-electron chi connectivity index (χ0n) is 26.4. The van der Waals surface area contributed by atoms with Crippen molar-refractivity contribution in [3.05, 3.63) is 0 Å². The molecule has 2 aliphatic rings. The van der Waals surface area contributed by atoms with Crippen molar-refractivity contribution in [2.24, 2.45) is 5.92 Å². The number of terminal acetylenes is 8. The van der Waals surface area contributed by atoms with E-state index in [0.717, 1.165) is 0 Å². The van der Waals surface area contributed by atoms with Crippen molar-refractivity contribution in [2.45, 2.75) is 76.4 Å². The van der Waals surface area contributed by atoms with E-state index in [0.29, 0.717) is 0 Å². The van der Waals surface area contributed by atoms with Gasteiger partial charge < -0.3 is 50.0 Å². The molecular weight excluding hydrogens is 592 g/mol. The van der Waals surface area contributed by atoms with Crippen LogP contribution in [0.3, 0.4) is 0 Å². The second-order valence-electron chi connectivity index (χ2n) is 7.58. The molecule has 2 fully saturated rings. The van der Waals surface area contributed by atoms with Gasteiger partial charge in [0.1, 0.15) is 12.2 Å². The van der Waals surface area contributed by atoms with E-state index in [1.165, 1.54) is 7.11 Å². The highest BCUT2D eigenvalue weighted by molar-refractivity contribution is 5.32. The van der Waals surface area contributed by atoms with Gasteiger partial charge in [-0.25, -0.2) is 0 Å². The monoisotopic (exact) mass is 636 g/mol. The van der Waals surface area contributed by atoms with Crippen LogP contribution < -0.4 is 0 Å². The predicted molar refractivity (Wildman–Crippen MR) is 178 cm³/mol. The molecule has 0 aromatic carbocycles. The normalized spacial score (nSPS) is 25.3.